The summed E-state index contributed by atoms with van der Waals surface area (Å²) in [5, 5.41) is 10.4. The average Bonchev–Trinajstić information content (AvgIpc) is 2.92. The quantitative estimate of drug-likeness (QED) is 0.715. The van der Waals surface area contributed by atoms with Crippen molar-refractivity contribution in [1.29, 1.82) is 0 Å². The van der Waals surface area contributed by atoms with Crippen molar-refractivity contribution in [3.63, 3.8) is 0 Å². The largest absolute Gasteiger partial charge is 0.347 e. The predicted molar refractivity (Wildman–Crippen MR) is 89.1 cm³/mol. The molecule has 0 unspecified atom stereocenters. The number of rotatable bonds is 6. The number of aromatic nitrogens is 1. The molecule has 1 rings (SSSR count). The van der Waals surface area contributed by atoms with E-state index in [-0.39, 0.29) is 36.4 Å². The number of carbonyl (C=O) groups excluding carboxylic acids is 3. The summed E-state index contributed by atoms with van der Waals surface area (Å²) < 4.78 is 0. The van der Waals surface area contributed by atoms with Crippen LogP contribution in [-0.4, -0.2) is 35.8 Å². The number of nitrogens with zero attached hydrogens (tertiary/aromatic N) is 1. The SMILES string of the molecule is CC(=O)NCC(=O)NCC(=O)N[C@@H](C)c1nc(C(C)(C)C)cs1. The Morgan fingerprint density at radius 1 is 1.17 bits per heavy atom. The van der Waals surface area contributed by atoms with Gasteiger partial charge in [0.05, 0.1) is 24.8 Å². The van der Waals surface area contributed by atoms with Crippen molar-refractivity contribution in [3.8, 4) is 0 Å². The van der Waals surface area contributed by atoms with Gasteiger partial charge < -0.3 is 16.0 Å². The second kappa shape index (κ2) is 8.05. The third-order valence-corrected chi connectivity index (χ3v) is 4.01. The zero-order valence-corrected chi connectivity index (χ0v) is 15.0. The third-order valence-electron chi connectivity index (χ3n) is 2.98. The summed E-state index contributed by atoms with van der Waals surface area (Å²) in [7, 11) is 0. The highest BCUT2D eigenvalue weighted by atomic mass is 32.1. The molecule has 3 N–H and O–H groups in total. The molecular formula is C15H24N4O3S. The maximum absolute atomic E-state index is 11.8. The van der Waals surface area contributed by atoms with E-state index >= 15 is 0 Å². The van der Waals surface area contributed by atoms with Crippen molar-refractivity contribution in [3.05, 3.63) is 16.1 Å². The van der Waals surface area contributed by atoms with E-state index in [9.17, 15) is 14.4 Å². The summed E-state index contributed by atoms with van der Waals surface area (Å²) in [6.45, 7) is 9.14. The van der Waals surface area contributed by atoms with Gasteiger partial charge in [-0.3, -0.25) is 14.4 Å². The fourth-order valence-electron chi connectivity index (χ4n) is 1.63. The topological polar surface area (TPSA) is 100 Å². The molecule has 1 aromatic heterocycles. The van der Waals surface area contributed by atoms with Crippen LogP contribution in [0.4, 0.5) is 0 Å². The van der Waals surface area contributed by atoms with Crippen molar-refractivity contribution < 1.29 is 14.4 Å². The second-order valence-corrected chi connectivity index (χ2v) is 7.19. The first-order chi connectivity index (χ1) is 10.6. The number of hydrogen-bond acceptors (Lipinski definition) is 5. The summed E-state index contributed by atoms with van der Waals surface area (Å²) in [6.07, 6.45) is 0. The second-order valence-electron chi connectivity index (χ2n) is 6.30. The van der Waals surface area contributed by atoms with Gasteiger partial charge in [0.25, 0.3) is 0 Å². The first-order valence-electron chi connectivity index (χ1n) is 7.36. The smallest absolute Gasteiger partial charge is 0.239 e. The molecule has 0 radical (unpaired) electrons. The van der Waals surface area contributed by atoms with Crippen LogP contribution >= 0.6 is 11.3 Å². The summed E-state index contributed by atoms with van der Waals surface area (Å²) >= 11 is 1.50. The van der Waals surface area contributed by atoms with Gasteiger partial charge in [0.1, 0.15) is 5.01 Å². The maximum atomic E-state index is 11.8. The van der Waals surface area contributed by atoms with Gasteiger partial charge in [0.2, 0.25) is 17.7 Å². The van der Waals surface area contributed by atoms with Gasteiger partial charge in [-0.1, -0.05) is 20.8 Å². The van der Waals surface area contributed by atoms with E-state index < -0.39 is 5.91 Å². The molecule has 0 aromatic carbocycles. The fraction of sp³-hybridized carbons (Fsp3) is 0.600. The lowest BCUT2D eigenvalue weighted by Crippen LogP contribution is -2.42. The Morgan fingerprint density at radius 3 is 2.30 bits per heavy atom. The lowest BCUT2D eigenvalue weighted by molar-refractivity contribution is -0.127. The standard InChI is InChI=1S/C15H24N4O3S/c1-9(14-19-11(8-23-14)15(3,4)5)18-13(22)7-17-12(21)6-16-10(2)20/h8-9H,6-7H2,1-5H3,(H,16,20)(H,17,21)(H,18,22)/t9-/m0/s1. The van der Waals surface area contributed by atoms with Gasteiger partial charge in [-0.15, -0.1) is 11.3 Å². The van der Waals surface area contributed by atoms with E-state index in [1.54, 1.807) is 0 Å². The molecule has 0 aliphatic heterocycles. The van der Waals surface area contributed by atoms with Crippen LogP contribution in [0.25, 0.3) is 0 Å². The van der Waals surface area contributed by atoms with Crippen LogP contribution < -0.4 is 16.0 Å². The summed E-state index contributed by atoms with van der Waals surface area (Å²) in [6, 6.07) is -0.226. The first kappa shape index (κ1) is 19.1. The Bertz CT molecular complexity index is 578. The highest BCUT2D eigenvalue weighted by molar-refractivity contribution is 7.09. The zero-order chi connectivity index (χ0) is 17.6. The molecular weight excluding hydrogens is 316 g/mol. The van der Waals surface area contributed by atoms with Crippen LogP contribution in [0.2, 0.25) is 0 Å². The van der Waals surface area contributed by atoms with E-state index in [4.69, 9.17) is 0 Å². The van der Waals surface area contributed by atoms with Crippen LogP contribution in [-0.2, 0) is 19.8 Å². The average molecular weight is 340 g/mol. The molecule has 23 heavy (non-hydrogen) atoms. The zero-order valence-electron chi connectivity index (χ0n) is 14.1. The highest BCUT2D eigenvalue weighted by Gasteiger charge is 2.20. The number of thiazole rings is 1. The fourth-order valence-corrected chi connectivity index (χ4v) is 2.68. The Balaban J connectivity index is 2.43. The van der Waals surface area contributed by atoms with Gasteiger partial charge in [-0.2, -0.15) is 0 Å². The van der Waals surface area contributed by atoms with Gasteiger partial charge in [-0.05, 0) is 6.92 Å². The Hall–Kier alpha value is -1.96. The molecule has 7 nitrogen and oxygen atoms in total. The molecule has 0 saturated carbocycles. The van der Waals surface area contributed by atoms with Crippen molar-refractivity contribution >= 4 is 29.1 Å². The van der Waals surface area contributed by atoms with Crippen molar-refractivity contribution in [1.82, 2.24) is 20.9 Å². The van der Waals surface area contributed by atoms with E-state index in [0.717, 1.165) is 10.7 Å². The van der Waals surface area contributed by atoms with Crippen molar-refractivity contribution in [2.75, 3.05) is 13.1 Å². The normalized spacial score (nSPS) is 12.4. The molecule has 0 fully saturated rings. The first-order valence-corrected chi connectivity index (χ1v) is 8.24. The molecule has 1 heterocycles. The van der Waals surface area contributed by atoms with Crippen LogP contribution in [0, 0.1) is 0 Å². The molecule has 1 atom stereocenters. The minimum absolute atomic E-state index is 0.0316. The van der Waals surface area contributed by atoms with Crippen LogP contribution in [0.3, 0.4) is 0 Å². The molecule has 0 spiro atoms. The van der Waals surface area contributed by atoms with Gasteiger partial charge >= 0.3 is 0 Å². The molecule has 128 valence electrons. The van der Waals surface area contributed by atoms with E-state index in [1.807, 2.05) is 12.3 Å². The number of amides is 3. The minimum Gasteiger partial charge on any atom is -0.347 e. The summed E-state index contributed by atoms with van der Waals surface area (Å²) in [5.41, 5.74) is 0.957. The molecule has 0 saturated heterocycles. The van der Waals surface area contributed by atoms with Crippen LogP contribution in [0.1, 0.15) is 51.4 Å². The number of nitrogens with one attached hydrogen (secondary N) is 3. The lowest BCUT2D eigenvalue weighted by Gasteiger charge is -2.15. The monoisotopic (exact) mass is 340 g/mol. The van der Waals surface area contributed by atoms with Crippen molar-refractivity contribution in [2.24, 2.45) is 0 Å². The Morgan fingerprint density at radius 2 is 1.78 bits per heavy atom. The molecule has 8 heteroatoms. The van der Waals surface area contributed by atoms with Gasteiger partial charge in [0, 0.05) is 17.7 Å². The van der Waals surface area contributed by atoms with E-state index in [0.29, 0.717) is 0 Å². The van der Waals surface area contributed by atoms with Crippen LogP contribution in [0.15, 0.2) is 5.38 Å². The molecule has 0 aliphatic rings. The number of carbonyl (C=O) groups is 3. The molecule has 0 aliphatic carbocycles. The summed E-state index contributed by atoms with van der Waals surface area (Å²) in [4.78, 5) is 38.5. The summed E-state index contributed by atoms with van der Waals surface area (Å²) in [5.74, 6) is -1.01. The minimum atomic E-state index is -0.410. The molecule has 1 aromatic rings. The third kappa shape index (κ3) is 6.77. The van der Waals surface area contributed by atoms with E-state index in [1.165, 1.54) is 18.3 Å². The van der Waals surface area contributed by atoms with Crippen LogP contribution in [0.5, 0.6) is 0 Å². The number of hydrogen-bond donors (Lipinski definition) is 3. The molecule has 3 amide bonds. The predicted octanol–water partition coefficient (Wildman–Crippen LogP) is 0.870. The van der Waals surface area contributed by atoms with Crippen molar-refractivity contribution in [2.45, 2.75) is 46.1 Å². The highest BCUT2D eigenvalue weighted by Crippen LogP contribution is 2.26. The van der Waals surface area contributed by atoms with E-state index in [2.05, 4.69) is 41.7 Å². The maximum Gasteiger partial charge on any atom is 0.239 e. The Kier molecular flexibility index (Phi) is 6.68. The van der Waals surface area contributed by atoms with Gasteiger partial charge in [0.15, 0.2) is 0 Å². The molecule has 0 bridgehead atoms. The Labute approximate surface area is 140 Å². The lowest BCUT2D eigenvalue weighted by atomic mass is 9.93. The van der Waals surface area contributed by atoms with Gasteiger partial charge in [-0.25, -0.2) is 4.98 Å².